The number of aromatic nitrogens is 1. The van der Waals surface area contributed by atoms with Crippen molar-refractivity contribution in [2.24, 2.45) is 0 Å². The Morgan fingerprint density at radius 3 is 2.64 bits per heavy atom. The number of methoxy groups -OCH3 is 1. The van der Waals surface area contributed by atoms with E-state index in [-0.39, 0.29) is 22.9 Å². The zero-order valence-electron chi connectivity index (χ0n) is 13.7. The average Bonchev–Trinajstić information content (AvgIpc) is 2.62. The first-order valence-electron chi connectivity index (χ1n) is 7.26. The highest BCUT2D eigenvalue weighted by molar-refractivity contribution is 8.00. The number of anilines is 2. The Kier molecular flexibility index (Phi) is 5.83. The lowest BCUT2D eigenvalue weighted by atomic mass is 10.2. The summed E-state index contributed by atoms with van der Waals surface area (Å²) >= 11 is 1.15. The van der Waals surface area contributed by atoms with E-state index in [0.29, 0.717) is 16.5 Å². The maximum absolute atomic E-state index is 12.4. The van der Waals surface area contributed by atoms with Gasteiger partial charge in [-0.3, -0.25) is 10.5 Å². The average molecular weight is 354 g/mol. The largest absolute Gasteiger partial charge is 0.495 e. The third-order valence-corrected chi connectivity index (χ3v) is 4.47. The molecule has 1 aromatic heterocycles. The van der Waals surface area contributed by atoms with Crippen molar-refractivity contribution in [2.45, 2.75) is 17.2 Å². The van der Waals surface area contributed by atoms with E-state index < -0.39 is 5.25 Å². The molecule has 2 aromatic rings. The molecule has 0 saturated heterocycles. The molecular weight excluding hydrogens is 338 g/mol. The maximum atomic E-state index is 12.4. The predicted molar refractivity (Wildman–Crippen MR) is 93.8 cm³/mol. The van der Waals surface area contributed by atoms with E-state index in [1.807, 2.05) is 12.1 Å². The summed E-state index contributed by atoms with van der Waals surface area (Å²) in [6.07, 6.45) is 0. The van der Waals surface area contributed by atoms with Crippen molar-refractivity contribution in [1.29, 1.82) is 10.5 Å². The summed E-state index contributed by atoms with van der Waals surface area (Å²) in [7, 11) is 1.52. The van der Waals surface area contributed by atoms with Crippen molar-refractivity contribution in [1.82, 2.24) is 0 Å². The summed E-state index contributed by atoms with van der Waals surface area (Å²) < 4.78 is 5.20. The number of H-pyrrole nitrogens is 1. The van der Waals surface area contributed by atoms with E-state index in [2.05, 4.69) is 10.3 Å². The molecule has 1 heterocycles. The van der Waals surface area contributed by atoms with E-state index in [9.17, 15) is 10.1 Å². The number of para-hydroxylation sites is 2. The molecule has 7 nitrogen and oxygen atoms in total. The summed E-state index contributed by atoms with van der Waals surface area (Å²) in [6, 6.07) is 12.4. The van der Waals surface area contributed by atoms with Crippen LogP contribution in [-0.4, -0.2) is 18.3 Å². The van der Waals surface area contributed by atoms with Gasteiger partial charge in [-0.1, -0.05) is 23.9 Å². The molecule has 0 aliphatic rings. The molecule has 0 spiro atoms. The number of carbonyl (C=O) groups is 1. The first-order valence-corrected chi connectivity index (χ1v) is 8.14. The smallest absolute Gasteiger partial charge is 0.289 e. The van der Waals surface area contributed by atoms with E-state index in [4.69, 9.17) is 15.7 Å². The minimum atomic E-state index is -0.513. The Labute approximate surface area is 149 Å². The number of benzene rings is 1. The SMILES string of the molecule is COc1ccccc1NC(=O)[C@H](C)Sc1[nH+]c(N)c(C#N)cc1C#N. The number of rotatable bonds is 5. The van der Waals surface area contributed by atoms with Gasteiger partial charge in [-0.2, -0.15) is 10.5 Å². The molecule has 0 saturated carbocycles. The molecule has 126 valence electrons. The van der Waals surface area contributed by atoms with Crippen molar-refractivity contribution in [3.05, 3.63) is 41.5 Å². The van der Waals surface area contributed by atoms with Crippen LogP contribution in [0.3, 0.4) is 0 Å². The van der Waals surface area contributed by atoms with Crippen LogP contribution in [0.4, 0.5) is 11.5 Å². The van der Waals surface area contributed by atoms with Gasteiger partial charge in [-0.05, 0) is 25.1 Å². The minimum absolute atomic E-state index is 0.154. The monoisotopic (exact) mass is 354 g/mol. The molecule has 1 amide bonds. The van der Waals surface area contributed by atoms with Crippen LogP contribution < -0.4 is 20.8 Å². The number of hydrogen-bond donors (Lipinski definition) is 2. The highest BCUT2D eigenvalue weighted by Crippen LogP contribution is 2.27. The molecule has 0 fully saturated rings. The number of thioether (sulfide) groups is 1. The number of hydrogen-bond acceptors (Lipinski definition) is 6. The Morgan fingerprint density at radius 1 is 1.32 bits per heavy atom. The molecule has 1 aromatic carbocycles. The molecule has 4 N–H and O–H groups in total. The topological polar surface area (TPSA) is 126 Å². The standard InChI is InChI=1S/C17H15N5O2S/c1-10(16(23)21-13-5-3-4-6-14(13)24-2)25-17-12(9-19)7-11(8-18)15(20)22-17/h3-7,10H,1-2H3,(H2,20,22)(H,21,23)/p+1/t10-/m0/s1. The minimum Gasteiger partial charge on any atom is -0.495 e. The van der Waals surface area contributed by atoms with Gasteiger partial charge < -0.3 is 10.1 Å². The van der Waals surface area contributed by atoms with Gasteiger partial charge in [0.15, 0.2) is 5.03 Å². The molecule has 0 aliphatic carbocycles. The molecule has 0 radical (unpaired) electrons. The third kappa shape index (κ3) is 4.19. The molecule has 0 unspecified atom stereocenters. The van der Waals surface area contributed by atoms with E-state index in [1.54, 1.807) is 31.2 Å². The number of nitrogens with zero attached hydrogens (tertiary/aromatic N) is 2. The van der Waals surface area contributed by atoms with Crippen LogP contribution in [0.1, 0.15) is 18.1 Å². The third-order valence-electron chi connectivity index (χ3n) is 3.34. The highest BCUT2D eigenvalue weighted by atomic mass is 32.2. The van der Waals surface area contributed by atoms with Crippen LogP contribution in [-0.2, 0) is 4.79 Å². The zero-order valence-corrected chi connectivity index (χ0v) is 14.5. The fraction of sp³-hybridized carbons (Fsp3) is 0.176. The van der Waals surface area contributed by atoms with Gasteiger partial charge in [-0.25, -0.2) is 4.98 Å². The Bertz CT molecular complexity index is 886. The molecule has 0 bridgehead atoms. The number of pyridine rings is 1. The van der Waals surface area contributed by atoms with Crippen molar-refractivity contribution in [3.63, 3.8) is 0 Å². The second-order valence-electron chi connectivity index (χ2n) is 5.01. The second kappa shape index (κ2) is 8.04. The number of nitriles is 2. The number of nitrogen functional groups attached to an aromatic ring is 1. The summed E-state index contributed by atoms with van der Waals surface area (Å²) in [5.74, 6) is 0.455. The first kappa shape index (κ1) is 18.1. The van der Waals surface area contributed by atoms with E-state index in [0.717, 1.165) is 11.8 Å². The lowest BCUT2D eigenvalue weighted by Gasteiger charge is -2.13. The van der Waals surface area contributed by atoms with Gasteiger partial charge in [0.25, 0.3) is 5.82 Å². The Morgan fingerprint density at radius 2 is 2.00 bits per heavy atom. The van der Waals surface area contributed by atoms with Crippen LogP contribution >= 0.6 is 11.8 Å². The number of amides is 1. The fourth-order valence-corrected chi connectivity index (χ4v) is 2.95. The van der Waals surface area contributed by atoms with Gasteiger partial charge in [0.2, 0.25) is 5.91 Å². The number of nitrogens with one attached hydrogen (secondary N) is 2. The molecule has 0 aliphatic heterocycles. The van der Waals surface area contributed by atoms with Gasteiger partial charge >= 0.3 is 0 Å². The van der Waals surface area contributed by atoms with E-state index in [1.165, 1.54) is 13.2 Å². The molecule has 25 heavy (non-hydrogen) atoms. The van der Waals surface area contributed by atoms with Crippen LogP contribution in [0.5, 0.6) is 5.75 Å². The fourth-order valence-electron chi connectivity index (χ4n) is 2.03. The summed E-state index contributed by atoms with van der Waals surface area (Å²) in [5.41, 5.74) is 6.76. The van der Waals surface area contributed by atoms with Crippen molar-refractivity contribution in [2.75, 3.05) is 18.2 Å². The van der Waals surface area contributed by atoms with Crippen LogP contribution in [0, 0.1) is 22.7 Å². The quantitative estimate of drug-likeness (QED) is 0.790. The normalized spacial score (nSPS) is 11.0. The summed E-state index contributed by atoms with van der Waals surface area (Å²) in [6.45, 7) is 1.71. The first-order chi connectivity index (χ1) is 12.0. The summed E-state index contributed by atoms with van der Waals surface area (Å²) in [5, 5.41) is 20.9. The van der Waals surface area contributed by atoms with Crippen molar-refractivity contribution in [3.8, 4) is 17.9 Å². The van der Waals surface area contributed by atoms with Crippen LogP contribution in [0.2, 0.25) is 0 Å². The lowest BCUT2D eigenvalue weighted by Crippen LogP contribution is -2.25. The lowest BCUT2D eigenvalue weighted by molar-refractivity contribution is -0.410. The van der Waals surface area contributed by atoms with E-state index >= 15 is 0 Å². The van der Waals surface area contributed by atoms with Gasteiger partial charge in [0.05, 0.1) is 18.0 Å². The summed E-state index contributed by atoms with van der Waals surface area (Å²) in [4.78, 5) is 15.2. The Hall–Kier alpha value is -3.23. The maximum Gasteiger partial charge on any atom is 0.289 e. The highest BCUT2D eigenvalue weighted by Gasteiger charge is 2.22. The Balaban J connectivity index is 2.18. The molecule has 1 atom stereocenters. The van der Waals surface area contributed by atoms with Gasteiger partial charge in [-0.15, -0.1) is 0 Å². The molecule has 8 heteroatoms. The number of ether oxygens (including phenoxy) is 1. The number of nitrogens with two attached hydrogens (primary N) is 1. The van der Waals surface area contributed by atoms with Crippen LogP contribution in [0.25, 0.3) is 0 Å². The predicted octanol–water partition coefficient (Wildman–Crippen LogP) is 1.95. The van der Waals surface area contributed by atoms with Crippen molar-refractivity contribution >= 4 is 29.2 Å². The molecule has 2 rings (SSSR count). The van der Waals surface area contributed by atoms with Crippen LogP contribution in [0.15, 0.2) is 35.4 Å². The van der Waals surface area contributed by atoms with Crippen molar-refractivity contribution < 1.29 is 14.5 Å². The molecular formula is C17H16N5O2S+. The number of aromatic amines is 1. The van der Waals surface area contributed by atoms with Gasteiger partial charge in [0, 0.05) is 0 Å². The number of carbonyl (C=O) groups excluding carboxylic acids is 1. The van der Waals surface area contributed by atoms with Gasteiger partial charge in [0.1, 0.15) is 29.0 Å². The second-order valence-corrected chi connectivity index (χ2v) is 6.36. The zero-order chi connectivity index (χ0) is 18.4.